The van der Waals surface area contributed by atoms with Crippen LogP contribution in [0.3, 0.4) is 0 Å². The van der Waals surface area contributed by atoms with Crippen molar-refractivity contribution in [2.45, 2.75) is 24.9 Å². The van der Waals surface area contributed by atoms with Crippen LogP contribution in [0.25, 0.3) is 0 Å². The van der Waals surface area contributed by atoms with Gasteiger partial charge in [-0.25, -0.2) is 0 Å². The molecule has 5 heteroatoms. The van der Waals surface area contributed by atoms with E-state index in [4.69, 9.17) is 10.5 Å². The van der Waals surface area contributed by atoms with Crippen LogP contribution in [0.1, 0.15) is 29.9 Å². The van der Waals surface area contributed by atoms with Crippen LogP contribution < -0.4 is 10.5 Å². The number of halogens is 3. The minimum absolute atomic E-state index is 0.0378. The Bertz CT molecular complexity index is 403. The second-order valence-corrected chi connectivity index (χ2v) is 4.19. The Morgan fingerprint density at radius 2 is 2.12 bits per heavy atom. The largest absolute Gasteiger partial charge is 0.493 e. The van der Waals surface area contributed by atoms with Crippen molar-refractivity contribution >= 4 is 0 Å². The van der Waals surface area contributed by atoms with E-state index in [0.717, 1.165) is 18.9 Å². The third-order valence-corrected chi connectivity index (χ3v) is 2.97. The van der Waals surface area contributed by atoms with Gasteiger partial charge in [0, 0.05) is 11.5 Å². The number of alkyl halides is 3. The fraction of sp³-hybridized carbons (Fsp3) is 0.500. The molecule has 1 heterocycles. The Balaban J connectivity index is 2.24. The highest BCUT2D eigenvalue weighted by molar-refractivity contribution is 5.43. The molecule has 0 spiro atoms. The second kappa shape index (κ2) is 4.56. The Kier molecular flexibility index (Phi) is 3.28. The summed E-state index contributed by atoms with van der Waals surface area (Å²) >= 11 is 0. The Morgan fingerprint density at radius 3 is 2.76 bits per heavy atom. The molecule has 1 aliphatic rings. The van der Waals surface area contributed by atoms with E-state index in [1.807, 2.05) is 0 Å². The molecular weight excluding hydrogens is 231 g/mol. The second-order valence-electron chi connectivity index (χ2n) is 4.19. The lowest BCUT2D eigenvalue weighted by molar-refractivity contribution is -0.137. The van der Waals surface area contributed by atoms with Gasteiger partial charge in [0.1, 0.15) is 5.75 Å². The Morgan fingerprint density at radius 1 is 1.35 bits per heavy atom. The lowest BCUT2D eigenvalue weighted by Crippen LogP contribution is -2.07. The van der Waals surface area contributed by atoms with Gasteiger partial charge in [0.2, 0.25) is 0 Å². The van der Waals surface area contributed by atoms with Gasteiger partial charge in [0.15, 0.2) is 0 Å². The van der Waals surface area contributed by atoms with Crippen molar-refractivity contribution in [3.05, 3.63) is 29.3 Å². The molecule has 1 unspecified atom stereocenters. The Hall–Kier alpha value is -1.23. The first-order valence-electron chi connectivity index (χ1n) is 5.56. The molecule has 0 fully saturated rings. The average molecular weight is 245 g/mol. The molecule has 0 saturated heterocycles. The van der Waals surface area contributed by atoms with Crippen LogP contribution in [0.2, 0.25) is 0 Å². The first kappa shape index (κ1) is 12.2. The highest BCUT2D eigenvalue weighted by Gasteiger charge is 2.33. The van der Waals surface area contributed by atoms with Crippen LogP contribution in [0.4, 0.5) is 13.2 Å². The first-order valence-corrected chi connectivity index (χ1v) is 5.56. The van der Waals surface area contributed by atoms with E-state index in [2.05, 4.69) is 0 Å². The molecule has 0 amide bonds. The highest BCUT2D eigenvalue weighted by Crippen LogP contribution is 2.40. The normalized spacial score (nSPS) is 18.9. The van der Waals surface area contributed by atoms with Crippen LogP contribution in [0.5, 0.6) is 5.75 Å². The van der Waals surface area contributed by atoms with Crippen molar-refractivity contribution in [1.82, 2.24) is 0 Å². The zero-order valence-corrected chi connectivity index (χ0v) is 9.26. The number of ether oxygens (including phenoxy) is 1. The van der Waals surface area contributed by atoms with Gasteiger partial charge in [-0.1, -0.05) is 0 Å². The maximum absolute atomic E-state index is 12.6. The summed E-state index contributed by atoms with van der Waals surface area (Å²) in [5, 5.41) is 0. The smallest absolute Gasteiger partial charge is 0.416 e. The van der Waals surface area contributed by atoms with Gasteiger partial charge >= 0.3 is 6.18 Å². The standard InChI is InChI=1S/C12H14F3NO/c13-12(14,15)9-3-4-11-10(6-9)8(7-17-11)2-1-5-16/h3-4,6,8H,1-2,5,7,16H2. The van der Waals surface area contributed by atoms with Crippen molar-refractivity contribution in [3.8, 4) is 5.75 Å². The number of nitrogens with two attached hydrogens (primary N) is 1. The summed E-state index contributed by atoms with van der Waals surface area (Å²) in [6.07, 6.45) is -2.73. The molecule has 94 valence electrons. The molecule has 0 saturated carbocycles. The van der Waals surface area contributed by atoms with Crippen LogP contribution in [-0.4, -0.2) is 13.2 Å². The van der Waals surface area contributed by atoms with E-state index in [-0.39, 0.29) is 5.92 Å². The summed E-state index contributed by atoms with van der Waals surface area (Å²) in [6.45, 7) is 1.00. The van der Waals surface area contributed by atoms with Crippen molar-refractivity contribution in [3.63, 3.8) is 0 Å². The summed E-state index contributed by atoms with van der Waals surface area (Å²) in [4.78, 5) is 0. The number of fused-ring (bicyclic) bond motifs is 1. The van der Waals surface area contributed by atoms with Gasteiger partial charge in [-0.2, -0.15) is 13.2 Å². The molecule has 2 N–H and O–H groups in total. The van der Waals surface area contributed by atoms with Crippen molar-refractivity contribution in [2.24, 2.45) is 5.73 Å². The van der Waals surface area contributed by atoms with Crippen molar-refractivity contribution in [1.29, 1.82) is 0 Å². The fourth-order valence-corrected chi connectivity index (χ4v) is 2.06. The quantitative estimate of drug-likeness (QED) is 0.888. The minimum atomic E-state index is -4.30. The zero-order chi connectivity index (χ0) is 12.5. The molecule has 2 rings (SSSR count). The van der Waals surface area contributed by atoms with Crippen LogP contribution in [-0.2, 0) is 6.18 Å². The molecule has 2 nitrogen and oxygen atoms in total. The predicted octanol–water partition coefficient (Wildman–Crippen LogP) is 2.92. The van der Waals surface area contributed by atoms with Crippen LogP contribution in [0, 0.1) is 0 Å². The average Bonchev–Trinajstić information content (AvgIpc) is 2.67. The van der Waals surface area contributed by atoms with E-state index < -0.39 is 11.7 Å². The minimum Gasteiger partial charge on any atom is -0.493 e. The van der Waals surface area contributed by atoms with Gasteiger partial charge < -0.3 is 10.5 Å². The molecule has 1 aromatic carbocycles. The van der Waals surface area contributed by atoms with Crippen LogP contribution >= 0.6 is 0 Å². The van der Waals surface area contributed by atoms with E-state index in [9.17, 15) is 13.2 Å². The molecule has 0 aliphatic carbocycles. The molecule has 1 aliphatic heterocycles. The first-order chi connectivity index (χ1) is 8.02. The van der Waals surface area contributed by atoms with Crippen molar-refractivity contribution < 1.29 is 17.9 Å². The SMILES string of the molecule is NCCCC1COc2ccc(C(F)(F)F)cc21. The molecule has 0 aromatic heterocycles. The number of hydrogen-bond acceptors (Lipinski definition) is 2. The summed E-state index contributed by atoms with van der Waals surface area (Å²) in [6, 6.07) is 3.66. The zero-order valence-electron chi connectivity index (χ0n) is 9.26. The van der Waals surface area contributed by atoms with Gasteiger partial charge in [-0.05, 0) is 37.6 Å². The molecular formula is C12H14F3NO. The molecule has 17 heavy (non-hydrogen) atoms. The van der Waals surface area contributed by atoms with Gasteiger partial charge in [0.05, 0.1) is 12.2 Å². The summed E-state index contributed by atoms with van der Waals surface area (Å²) in [7, 11) is 0. The third kappa shape index (κ3) is 2.54. The summed E-state index contributed by atoms with van der Waals surface area (Å²) in [5.41, 5.74) is 5.45. The maximum Gasteiger partial charge on any atom is 0.416 e. The van der Waals surface area contributed by atoms with E-state index in [1.165, 1.54) is 12.1 Å². The fourth-order valence-electron chi connectivity index (χ4n) is 2.06. The number of benzene rings is 1. The summed E-state index contributed by atoms with van der Waals surface area (Å²) < 4.78 is 43.1. The van der Waals surface area contributed by atoms with Gasteiger partial charge in [-0.15, -0.1) is 0 Å². The Labute approximate surface area is 97.6 Å². The monoisotopic (exact) mass is 245 g/mol. The molecule has 1 aromatic rings. The predicted molar refractivity (Wildman–Crippen MR) is 58.0 cm³/mol. The van der Waals surface area contributed by atoms with E-state index in [0.29, 0.717) is 24.5 Å². The van der Waals surface area contributed by atoms with Gasteiger partial charge in [-0.3, -0.25) is 0 Å². The molecule has 0 bridgehead atoms. The van der Waals surface area contributed by atoms with Gasteiger partial charge in [0.25, 0.3) is 0 Å². The number of rotatable bonds is 3. The molecule has 1 atom stereocenters. The topological polar surface area (TPSA) is 35.2 Å². The lowest BCUT2D eigenvalue weighted by Gasteiger charge is -2.11. The lowest BCUT2D eigenvalue weighted by atomic mass is 9.95. The van der Waals surface area contributed by atoms with Crippen LogP contribution in [0.15, 0.2) is 18.2 Å². The van der Waals surface area contributed by atoms with Crippen molar-refractivity contribution in [2.75, 3.05) is 13.2 Å². The van der Waals surface area contributed by atoms with E-state index in [1.54, 1.807) is 0 Å². The number of hydrogen-bond donors (Lipinski definition) is 1. The highest BCUT2D eigenvalue weighted by atomic mass is 19.4. The summed E-state index contributed by atoms with van der Waals surface area (Å²) in [5.74, 6) is 0.607. The maximum atomic E-state index is 12.6. The third-order valence-electron chi connectivity index (χ3n) is 2.97. The molecule has 0 radical (unpaired) electrons. The van der Waals surface area contributed by atoms with E-state index >= 15 is 0 Å².